The van der Waals surface area contributed by atoms with E-state index in [0.717, 1.165) is 20.2 Å². The number of benzene rings is 1. The molecular formula is C12H9Br2ClNOY-. The van der Waals surface area contributed by atoms with E-state index in [1.165, 1.54) is 0 Å². The van der Waals surface area contributed by atoms with Crippen molar-refractivity contribution in [2.45, 2.75) is 11.8 Å². The molecule has 1 heterocycles. The Kier molecular flexibility index (Phi) is 6.53. The van der Waals surface area contributed by atoms with Gasteiger partial charge in [0.15, 0.2) is 0 Å². The molecule has 2 nitrogen and oxygen atoms in total. The fourth-order valence-electron chi connectivity index (χ4n) is 1.67. The van der Waals surface area contributed by atoms with Crippen molar-refractivity contribution in [3.63, 3.8) is 0 Å². The second-order valence-corrected chi connectivity index (χ2v) is 6.02. The Balaban J connectivity index is 0.00000162. The number of alkyl halides is 1. The normalized spacial score (nSPS) is 19.3. The molecule has 18 heavy (non-hydrogen) atoms. The first-order chi connectivity index (χ1) is 8.00. The number of rotatable bonds is 1. The number of hydrogen-bond acceptors (Lipinski definition) is 1. The molecule has 0 saturated heterocycles. The fourth-order valence-corrected chi connectivity index (χ4v) is 3.13. The summed E-state index contributed by atoms with van der Waals surface area (Å²) < 4.78 is 1.90. The van der Waals surface area contributed by atoms with Crippen molar-refractivity contribution in [3.8, 4) is 0 Å². The van der Waals surface area contributed by atoms with E-state index in [-0.39, 0.29) is 38.6 Å². The Morgan fingerprint density at radius 1 is 1.44 bits per heavy atom. The van der Waals surface area contributed by atoms with E-state index >= 15 is 0 Å². The van der Waals surface area contributed by atoms with Crippen molar-refractivity contribution in [2.24, 2.45) is 0 Å². The number of carbonyl (C=O) groups excluding carboxylic acids is 1. The van der Waals surface area contributed by atoms with E-state index in [4.69, 9.17) is 11.6 Å². The van der Waals surface area contributed by atoms with E-state index in [0.29, 0.717) is 6.42 Å². The van der Waals surface area contributed by atoms with Crippen LogP contribution in [0, 0.1) is 6.08 Å². The van der Waals surface area contributed by atoms with Crippen LogP contribution in [0.2, 0.25) is 0 Å². The number of nitrogens with zero attached hydrogens (tertiary/aromatic N) is 1. The second kappa shape index (κ2) is 6.98. The van der Waals surface area contributed by atoms with Crippen molar-refractivity contribution < 1.29 is 37.5 Å². The fraction of sp³-hybridized carbons (Fsp3) is 0.250. The van der Waals surface area contributed by atoms with Crippen LogP contribution >= 0.6 is 43.5 Å². The quantitative estimate of drug-likeness (QED) is 0.455. The molecule has 0 saturated carbocycles. The maximum absolute atomic E-state index is 11.8. The molecule has 1 aliphatic rings. The molecule has 1 aliphatic heterocycles. The van der Waals surface area contributed by atoms with Gasteiger partial charge in [-0.25, -0.2) is 6.08 Å². The number of allylic oxidation sites excluding steroid dienone is 1. The SMILES string of the molecule is CN1C(=O)C(Cl)C[C-]=C1c1ccc(Br)cc1Br.[Y]. The molecular weight excluding hydrogens is 458 g/mol. The van der Waals surface area contributed by atoms with Gasteiger partial charge < -0.3 is 4.90 Å². The van der Waals surface area contributed by atoms with Gasteiger partial charge in [-0.1, -0.05) is 54.9 Å². The number of amides is 1. The van der Waals surface area contributed by atoms with E-state index in [2.05, 4.69) is 37.9 Å². The molecule has 1 radical (unpaired) electrons. The molecule has 0 fully saturated rings. The standard InChI is InChI=1S/C12H9Br2ClNO.Y/c1-16-11(5-4-10(15)12(16)17)8-3-2-7(13)6-9(8)14;/h2-3,6,10H,4H2,1H3;/q-1;. The van der Waals surface area contributed by atoms with Gasteiger partial charge in [0.05, 0.1) is 0 Å². The Labute approximate surface area is 153 Å². The maximum Gasteiger partial charge on any atom is 0.240 e. The third-order valence-electron chi connectivity index (χ3n) is 2.57. The van der Waals surface area contributed by atoms with Crippen molar-refractivity contribution in [1.29, 1.82) is 0 Å². The second-order valence-electron chi connectivity index (χ2n) is 3.72. The summed E-state index contributed by atoms with van der Waals surface area (Å²) in [5, 5.41) is -0.502. The molecule has 1 atom stereocenters. The minimum absolute atomic E-state index is 0. The topological polar surface area (TPSA) is 20.3 Å². The number of carbonyl (C=O) groups is 1. The van der Waals surface area contributed by atoms with Gasteiger partial charge in [0, 0.05) is 44.2 Å². The molecule has 0 bridgehead atoms. The maximum atomic E-state index is 11.8. The summed E-state index contributed by atoms with van der Waals surface area (Å²) >= 11 is 12.8. The van der Waals surface area contributed by atoms with E-state index in [1.54, 1.807) is 11.9 Å². The van der Waals surface area contributed by atoms with Crippen LogP contribution in [0.15, 0.2) is 27.1 Å². The van der Waals surface area contributed by atoms with Crippen molar-refractivity contribution in [2.75, 3.05) is 7.05 Å². The van der Waals surface area contributed by atoms with Crippen LogP contribution in [0.3, 0.4) is 0 Å². The summed E-state index contributed by atoms with van der Waals surface area (Å²) in [6.07, 6.45) is 3.62. The molecule has 0 aromatic heterocycles. The smallest absolute Gasteiger partial charge is 0.240 e. The van der Waals surface area contributed by atoms with Crippen LogP contribution in [0.5, 0.6) is 0 Å². The summed E-state index contributed by atoms with van der Waals surface area (Å²) in [6, 6.07) is 5.81. The Morgan fingerprint density at radius 3 is 2.72 bits per heavy atom. The van der Waals surface area contributed by atoms with Crippen LogP contribution in [-0.2, 0) is 37.5 Å². The van der Waals surface area contributed by atoms with Crippen molar-refractivity contribution >= 4 is 55.1 Å². The Morgan fingerprint density at radius 2 is 2.11 bits per heavy atom. The summed E-state index contributed by atoms with van der Waals surface area (Å²) in [6.45, 7) is 0. The van der Waals surface area contributed by atoms with Crippen molar-refractivity contribution in [3.05, 3.63) is 38.8 Å². The van der Waals surface area contributed by atoms with Gasteiger partial charge in [-0.15, -0.1) is 28.9 Å². The largest absolute Gasteiger partial charge is 0.349 e. The molecule has 1 amide bonds. The van der Waals surface area contributed by atoms with E-state index < -0.39 is 5.38 Å². The third kappa shape index (κ3) is 3.46. The first-order valence-corrected chi connectivity index (χ1v) is 7.01. The number of halogens is 3. The first-order valence-electron chi connectivity index (χ1n) is 4.98. The third-order valence-corrected chi connectivity index (χ3v) is 4.06. The predicted octanol–water partition coefficient (Wildman–Crippen LogP) is 3.82. The zero-order valence-electron chi connectivity index (χ0n) is 9.58. The van der Waals surface area contributed by atoms with Crippen molar-refractivity contribution in [1.82, 2.24) is 4.90 Å². The zero-order valence-corrected chi connectivity index (χ0v) is 16.3. The van der Waals surface area contributed by atoms with Gasteiger partial charge in [0.2, 0.25) is 5.91 Å². The number of hydrogen-bond donors (Lipinski definition) is 0. The van der Waals surface area contributed by atoms with E-state index in [9.17, 15) is 4.79 Å². The zero-order chi connectivity index (χ0) is 12.6. The average Bonchev–Trinajstić information content (AvgIpc) is 2.28. The summed E-state index contributed by atoms with van der Waals surface area (Å²) in [5.41, 5.74) is 1.71. The Hall–Kier alpha value is 0.784. The monoisotopic (exact) mass is 465 g/mol. The molecule has 0 spiro atoms. The predicted molar refractivity (Wildman–Crippen MR) is 75.5 cm³/mol. The van der Waals surface area contributed by atoms with Crippen LogP contribution in [0.1, 0.15) is 12.0 Å². The average molecular weight is 467 g/mol. The first kappa shape index (κ1) is 16.8. The minimum Gasteiger partial charge on any atom is -0.349 e. The van der Waals surface area contributed by atoms with Crippen LogP contribution in [0.4, 0.5) is 0 Å². The van der Waals surface area contributed by atoms with Gasteiger partial charge in [-0.2, -0.15) is 0 Å². The molecule has 1 unspecified atom stereocenters. The Bertz CT molecular complexity index is 507. The van der Waals surface area contributed by atoms with E-state index in [1.807, 2.05) is 18.2 Å². The minimum atomic E-state index is -0.502. The van der Waals surface area contributed by atoms with Gasteiger partial charge in [0.25, 0.3) is 0 Å². The molecule has 6 heteroatoms. The molecule has 93 valence electrons. The summed E-state index contributed by atoms with van der Waals surface area (Å²) in [7, 11) is 1.72. The summed E-state index contributed by atoms with van der Waals surface area (Å²) in [4.78, 5) is 13.3. The van der Waals surface area contributed by atoms with Crippen LogP contribution in [-0.4, -0.2) is 23.2 Å². The molecule has 0 N–H and O–H groups in total. The van der Waals surface area contributed by atoms with Crippen LogP contribution < -0.4 is 0 Å². The van der Waals surface area contributed by atoms with Gasteiger partial charge in [-0.3, -0.25) is 4.79 Å². The molecule has 2 rings (SSSR count). The molecule has 0 aliphatic carbocycles. The van der Waals surface area contributed by atoms with Crippen LogP contribution in [0.25, 0.3) is 5.70 Å². The van der Waals surface area contributed by atoms with Gasteiger partial charge >= 0.3 is 0 Å². The summed E-state index contributed by atoms with van der Waals surface area (Å²) in [5.74, 6) is -0.0877. The molecule has 1 aromatic rings. The molecule has 1 aromatic carbocycles. The van der Waals surface area contributed by atoms with Gasteiger partial charge in [0.1, 0.15) is 5.38 Å². The van der Waals surface area contributed by atoms with Gasteiger partial charge in [-0.05, 0) is 0 Å².